The van der Waals surface area contributed by atoms with Crippen molar-refractivity contribution >= 4 is 22.9 Å². The minimum Gasteiger partial charge on any atom is -0.351 e. The van der Waals surface area contributed by atoms with Crippen LogP contribution >= 0.6 is 11.6 Å². The lowest BCUT2D eigenvalue weighted by Crippen LogP contribution is -2.39. The number of hydrogen-bond acceptors (Lipinski definition) is 3. The van der Waals surface area contributed by atoms with Crippen molar-refractivity contribution in [2.75, 3.05) is 17.3 Å². The summed E-state index contributed by atoms with van der Waals surface area (Å²) >= 11 is 6.00. The van der Waals surface area contributed by atoms with Crippen LogP contribution in [0.3, 0.4) is 0 Å². The molecule has 2 aromatic heterocycles. The van der Waals surface area contributed by atoms with E-state index < -0.39 is 0 Å². The first kappa shape index (κ1) is 12.7. The summed E-state index contributed by atoms with van der Waals surface area (Å²) in [6, 6.07) is 2.59. The Morgan fingerprint density at radius 3 is 2.89 bits per heavy atom. The highest BCUT2D eigenvalue weighted by molar-refractivity contribution is 6.18. The van der Waals surface area contributed by atoms with E-state index in [0.29, 0.717) is 11.9 Å². The van der Waals surface area contributed by atoms with Crippen LogP contribution in [-0.4, -0.2) is 33.1 Å². The fourth-order valence-corrected chi connectivity index (χ4v) is 3.19. The number of fused-ring (bicyclic) bond motifs is 1. The quantitative estimate of drug-likeness (QED) is 0.806. The molecule has 0 atom stereocenters. The Morgan fingerprint density at radius 1 is 1.26 bits per heavy atom. The Hall–Kier alpha value is -1.29. The van der Waals surface area contributed by atoms with Crippen molar-refractivity contribution in [3.63, 3.8) is 0 Å². The predicted molar refractivity (Wildman–Crippen MR) is 77.9 cm³/mol. The summed E-state index contributed by atoms with van der Waals surface area (Å²) in [4.78, 5) is 6.96. The highest BCUT2D eigenvalue weighted by Crippen LogP contribution is 2.28. The van der Waals surface area contributed by atoms with Gasteiger partial charge in [-0.3, -0.25) is 0 Å². The molecular weight excluding hydrogens is 260 g/mol. The molecule has 0 bridgehead atoms. The van der Waals surface area contributed by atoms with Gasteiger partial charge in [0.15, 0.2) is 5.82 Å². The molecule has 102 valence electrons. The van der Waals surface area contributed by atoms with Crippen molar-refractivity contribution in [3.05, 3.63) is 24.7 Å². The Kier molecular flexibility index (Phi) is 3.87. The Bertz CT molecular complexity index is 533. The lowest BCUT2D eigenvalue weighted by Gasteiger charge is -2.35. The van der Waals surface area contributed by atoms with Crippen LogP contribution < -0.4 is 4.90 Å². The average molecular weight is 279 g/mol. The first-order valence-corrected chi connectivity index (χ1v) is 7.54. The van der Waals surface area contributed by atoms with Gasteiger partial charge in [0, 0.05) is 30.9 Å². The fourth-order valence-electron chi connectivity index (χ4n) is 3.01. The van der Waals surface area contributed by atoms with Crippen LogP contribution in [0.25, 0.3) is 5.52 Å². The van der Waals surface area contributed by atoms with E-state index in [-0.39, 0.29) is 0 Å². The molecule has 0 radical (unpaired) electrons. The van der Waals surface area contributed by atoms with Gasteiger partial charge >= 0.3 is 0 Å². The van der Waals surface area contributed by atoms with Gasteiger partial charge < -0.3 is 4.90 Å². The molecule has 1 fully saturated rings. The molecule has 0 amide bonds. The van der Waals surface area contributed by atoms with Crippen LogP contribution in [0, 0.1) is 0 Å². The highest BCUT2D eigenvalue weighted by atomic mass is 35.5. The molecule has 1 aliphatic carbocycles. The van der Waals surface area contributed by atoms with Crippen LogP contribution in [0.4, 0.5) is 5.82 Å². The summed E-state index contributed by atoms with van der Waals surface area (Å²) in [5.74, 6) is 1.65. The van der Waals surface area contributed by atoms with Crippen LogP contribution in [-0.2, 0) is 0 Å². The number of rotatable bonds is 4. The van der Waals surface area contributed by atoms with Crippen molar-refractivity contribution in [3.8, 4) is 0 Å². The molecule has 3 rings (SSSR count). The van der Waals surface area contributed by atoms with Gasteiger partial charge in [0.1, 0.15) is 5.52 Å². The molecule has 4 nitrogen and oxygen atoms in total. The molecule has 0 N–H and O–H groups in total. The summed E-state index contributed by atoms with van der Waals surface area (Å²) in [6.45, 7) is 0.851. The first-order chi connectivity index (χ1) is 9.40. The molecule has 19 heavy (non-hydrogen) atoms. The van der Waals surface area contributed by atoms with Gasteiger partial charge in [0.2, 0.25) is 0 Å². The predicted octanol–water partition coefficient (Wildman–Crippen LogP) is 3.11. The van der Waals surface area contributed by atoms with E-state index in [2.05, 4.69) is 15.0 Å². The third kappa shape index (κ3) is 2.54. The maximum atomic E-state index is 6.00. The van der Waals surface area contributed by atoms with Crippen molar-refractivity contribution in [1.29, 1.82) is 0 Å². The number of hydrogen-bond donors (Lipinski definition) is 0. The van der Waals surface area contributed by atoms with Gasteiger partial charge in [-0.05, 0) is 18.9 Å². The van der Waals surface area contributed by atoms with Gasteiger partial charge in [0.05, 0.1) is 6.20 Å². The standard InChI is InChI=1S/C14H19ClN4/c15-7-10-18(12-4-2-1-3-5-12)14-13-6-8-17-19(13)11-9-16-14/h6,8-9,11-12H,1-5,7,10H2. The zero-order chi connectivity index (χ0) is 13.1. The Labute approximate surface area is 118 Å². The number of halogens is 1. The van der Waals surface area contributed by atoms with Gasteiger partial charge in [-0.1, -0.05) is 19.3 Å². The van der Waals surface area contributed by atoms with E-state index in [9.17, 15) is 0 Å². The second kappa shape index (κ2) is 5.78. The maximum absolute atomic E-state index is 6.00. The summed E-state index contributed by atoms with van der Waals surface area (Å²) < 4.78 is 1.88. The first-order valence-electron chi connectivity index (χ1n) is 7.01. The summed E-state index contributed by atoms with van der Waals surface area (Å²) in [5, 5.41) is 4.28. The van der Waals surface area contributed by atoms with E-state index in [1.165, 1.54) is 32.1 Å². The topological polar surface area (TPSA) is 33.4 Å². The minimum atomic E-state index is 0.570. The third-order valence-corrected chi connectivity index (χ3v) is 4.09. The van der Waals surface area contributed by atoms with Gasteiger partial charge in [-0.15, -0.1) is 11.6 Å². The monoisotopic (exact) mass is 278 g/mol. The molecule has 0 unspecified atom stereocenters. The van der Waals surface area contributed by atoms with Gasteiger partial charge in [0.25, 0.3) is 0 Å². The van der Waals surface area contributed by atoms with E-state index in [0.717, 1.165) is 17.9 Å². The van der Waals surface area contributed by atoms with Crippen molar-refractivity contribution in [1.82, 2.24) is 14.6 Å². The van der Waals surface area contributed by atoms with Crippen LogP contribution in [0.2, 0.25) is 0 Å². The molecule has 5 heteroatoms. The van der Waals surface area contributed by atoms with E-state index in [1.807, 2.05) is 29.2 Å². The van der Waals surface area contributed by atoms with E-state index in [1.54, 1.807) is 0 Å². The molecule has 0 spiro atoms. The number of aromatic nitrogens is 3. The SMILES string of the molecule is ClCCN(c1nccn2nccc12)C1CCCCC1. The molecule has 0 aliphatic heterocycles. The van der Waals surface area contributed by atoms with Gasteiger partial charge in [-0.25, -0.2) is 9.50 Å². The fraction of sp³-hybridized carbons (Fsp3) is 0.571. The molecule has 2 heterocycles. The second-order valence-corrected chi connectivity index (χ2v) is 5.46. The van der Waals surface area contributed by atoms with Crippen molar-refractivity contribution in [2.24, 2.45) is 0 Å². The third-order valence-electron chi connectivity index (χ3n) is 3.92. The Balaban J connectivity index is 1.96. The molecule has 0 saturated heterocycles. The average Bonchev–Trinajstić information content (AvgIpc) is 2.94. The summed E-state index contributed by atoms with van der Waals surface area (Å²) in [6.07, 6.45) is 12.0. The zero-order valence-electron chi connectivity index (χ0n) is 11.0. The van der Waals surface area contributed by atoms with Crippen molar-refractivity contribution < 1.29 is 0 Å². The normalized spacial score (nSPS) is 16.9. The Morgan fingerprint density at radius 2 is 2.11 bits per heavy atom. The zero-order valence-corrected chi connectivity index (χ0v) is 11.8. The summed E-state index contributed by atoms with van der Waals surface area (Å²) in [7, 11) is 0. The maximum Gasteiger partial charge on any atom is 0.154 e. The minimum absolute atomic E-state index is 0.570. The van der Waals surface area contributed by atoms with Crippen LogP contribution in [0.1, 0.15) is 32.1 Å². The molecular formula is C14H19ClN4. The van der Waals surface area contributed by atoms with Gasteiger partial charge in [-0.2, -0.15) is 5.10 Å². The molecule has 1 aliphatic rings. The summed E-state index contributed by atoms with van der Waals surface area (Å²) in [5.41, 5.74) is 1.07. The van der Waals surface area contributed by atoms with Crippen molar-refractivity contribution in [2.45, 2.75) is 38.1 Å². The van der Waals surface area contributed by atoms with Crippen LogP contribution in [0.15, 0.2) is 24.7 Å². The van der Waals surface area contributed by atoms with E-state index in [4.69, 9.17) is 11.6 Å². The highest BCUT2D eigenvalue weighted by Gasteiger charge is 2.23. The lowest BCUT2D eigenvalue weighted by molar-refractivity contribution is 0.417. The number of anilines is 1. The molecule has 2 aromatic rings. The molecule has 0 aromatic carbocycles. The lowest BCUT2D eigenvalue weighted by atomic mass is 9.94. The van der Waals surface area contributed by atoms with E-state index >= 15 is 0 Å². The van der Waals surface area contributed by atoms with Crippen LogP contribution in [0.5, 0.6) is 0 Å². The molecule has 1 saturated carbocycles. The number of alkyl halides is 1. The largest absolute Gasteiger partial charge is 0.351 e. The second-order valence-electron chi connectivity index (χ2n) is 5.09. The smallest absolute Gasteiger partial charge is 0.154 e. The number of nitrogens with zero attached hydrogens (tertiary/aromatic N) is 4.